The minimum absolute atomic E-state index is 0.0903. The van der Waals surface area contributed by atoms with Crippen LogP contribution in [0.15, 0.2) is 16.8 Å². The Morgan fingerprint density at radius 1 is 1.50 bits per heavy atom. The van der Waals surface area contributed by atoms with Gasteiger partial charge in [-0.05, 0) is 48.1 Å². The number of carboxylic acids is 1. The molecule has 2 saturated heterocycles. The van der Waals surface area contributed by atoms with Crippen molar-refractivity contribution in [3.8, 4) is 0 Å². The molecule has 1 aromatic rings. The Hall–Kier alpha value is -1.36. The molecule has 0 unspecified atom stereocenters. The highest BCUT2D eigenvalue weighted by Gasteiger charge is 2.60. The molecular formula is C15H19NO3S. The molecule has 3 heterocycles. The van der Waals surface area contributed by atoms with Gasteiger partial charge in [-0.3, -0.25) is 9.59 Å². The summed E-state index contributed by atoms with van der Waals surface area (Å²) >= 11 is 1.59. The van der Waals surface area contributed by atoms with Crippen molar-refractivity contribution in [2.45, 2.75) is 51.1 Å². The van der Waals surface area contributed by atoms with Crippen molar-refractivity contribution in [1.29, 1.82) is 0 Å². The molecule has 2 fully saturated rings. The number of amides is 1. The number of thiophene rings is 1. The Kier molecular flexibility index (Phi) is 3.32. The first-order valence-corrected chi connectivity index (χ1v) is 8.08. The van der Waals surface area contributed by atoms with E-state index in [4.69, 9.17) is 0 Å². The fourth-order valence-electron chi connectivity index (χ4n) is 3.98. The number of hydrogen-bond acceptors (Lipinski definition) is 3. The van der Waals surface area contributed by atoms with Gasteiger partial charge in [-0.2, -0.15) is 11.3 Å². The van der Waals surface area contributed by atoms with Gasteiger partial charge < -0.3 is 10.0 Å². The maximum absolute atomic E-state index is 12.5. The van der Waals surface area contributed by atoms with Gasteiger partial charge >= 0.3 is 5.97 Å². The zero-order valence-corrected chi connectivity index (χ0v) is 12.4. The molecule has 0 aromatic carbocycles. The first-order chi connectivity index (χ1) is 9.58. The van der Waals surface area contributed by atoms with E-state index in [0.29, 0.717) is 19.3 Å². The van der Waals surface area contributed by atoms with Crippen LogP contribution in [0.1, 0.15) is 38.2 Å². The third-order valence-electron chi connectivity index (χ3n) is 5.02. The molecule has 3 atom stereocenters. The maximum Gasteiger partial charge on any atom is 0.311 e. The number of carbonyl (C=O) groups excluding carboxylic acids is 1. The monoisotopic (exact) mass is 293 g/mol. The number of carboxylic acid groups (broad SMARTS) is 1. The Morgan fingerprint density at radius 3 is 2.85 bits per heavy atom. The summed E-state index contributed by atoms with van der Waals surface area (Å²) in [6.07, 6.45) is 3.41. The third-order valence-corrected chi connectivity index (χ3v) is 5.75. The molecule has 20 heavy (non-hydrogen) atoms. The Morgan fingerprint density at radius 2 is 2.30 bits per heavy atom. The lowest BCUT2D eigenvalue weighted by molar-refractivity contribution is -0.151. The zero-order chi connectivity index (χ0) is 14.3. The summed E-state index contributed by atoms with van der Waals surface area (Å²) in [6, 6.07) is 1.98. The summed E-state index contributed by atoms with van der Waals surface area (Å²) in [6.45, 7) is 1.93. The van der Waals surface area contributed by atoms with E-state index in [9.17, 15) is 14.7 Å². The van der Waals surface area contributed by atoms with Gasteiger partial charge in [0.1, 0.15) is 0 Å². The summed E-state index contributed by atoms with van der Waals surface area (Å²) < 4.78 is 0. The second kappa shape index (κ2) is 4.88. The molecule has 0 radical (unpaired) electrons. The second-order valence-corrected chi connectivity index (χ2v) is 6.66. The molecule has 3 rings (SSSR count). The molecule has 2 bridgehead atoms. The highest BCUT2D eigenvalue weighted by Crippen LogP contribution is 2.52. The van der Waals surface area contributed by atoms with E-state index in [1.165, 1.54) is 0 Å². The van der Waals surface area contributed by atoms with Crippen molar-refractivity contribution in [1.82, 2.24) is 4.90 Å². The highest BCUT2D eigenvalue weighted by molar-refractivity contribution is 7.07. The van der Waals surface area contributed by atoms with Crippen molar-refractivity contribution >= 4 is 23.2 Å². The average molecular weight is 293 g/mol. The number of carbonyl (C=O) groups is 2. The van der Waals surface area contributed by atoms with Crippen LogP contribution in [0.25, 0.3) is 0 Å². The van der Waals surface area contributed by atoms with Crippen LogP contribution < -0.4 is 0 Å². The van der Waals surface area contributed by atoms with E-state index < -0.39 is 11.4 Å². The fourth-order valence-corrected chi connectivity index (χ4v) is 4.65. The van der Waals surface area contributed by atoms with E-state index in [1.54, 1.807) is 11.3 Å². The minimum Gasteiger partial charge on any atom is -0.481 e. The van der Waals surface area contributed by atoms with Crippen LogP contribution >= 0.6 is 11.3 Å². The van der Waals surface area contributed by atoms with Crippen LogP contribution in [0, 0.1) is 5.41 Å². The molecule has 1 aromatic heterocycles. The van der Waals surface area contributed by atoms with Crippen LogP contribution in [-0.2, 0) is 16.0 Å². The molecule has 5 heteroatoms. The van der Waals surface area contributed by atoms with Gasteiger partial charge in [-0.15, -0.1) is 0 Å². The van der Waals surface area contributed by atoms with Gasteiger partial charge in [0.15, 0.2) is 0 Å². The highest BCUT2D eigenvalue weighted by atomic mass is 32.1. The molecule has 2 aliphatic heterocycles. The molecule has 108 valence electrons. The van der Waals surface area contributed by atoms with E-state index in [-0.39, 0.29) is 18.0 Å². The van der Waals surface area contributed by atoms with Crippen LogP contribution in [0.5, 0.6) is 0 Å². The molecule has 1 amide bonds. The van der Waals surface area contributed by atoms with Crippen molar-refractivity contribution in [2.24, 2.45) is 5.41 Å². The van der Waals surface area contributed by atoms with Gasteiger partial charge in [-0.25, -0.2) is 0 Å². The van der Waals surface area contributed by atoms with Crippen molar-refractivity contribution in [3.63, 3.8) is 0 Å². The van der Waals surface area contributed by atoms with E-state index in [2.05, 4.69) is 0 Å². The molecule has 4 nitrogen and oxygen atoms in total. The van der Waals surface area contributed by atoms with Crippen LogP contribution in [-0.4, -0.2) is 34.0 Å². The second-order valence-electron chi connectivity index (χ2n) is 5.88. The number of nitrogens with zero attached hydrogens (tertiary/aromatic N) is 1. The summed E-state index contributed by atoms with van der Waals surface area (Å²) in [5, 5.41) is 13.6. The van der Waals surface area contributed by atoms with Crippen LogP contribution in [0.4, 0.5) is 0 Å². The molecular weight excluding hydrogens is 274 g/mol. The fraction of sp³-hybridized carbons (Fsp3) is 0.600. The molecule has 0 aliphatic carbocycles. The Labute approximate surface area is 122 Å². The third kappa shape index (κ3) is 1.87. The SMILES string of the molecule is CC[C@@]1(C(=O)O)C[C@@H]2CC[C@H]1N2C(=O)Cc1ccsc1. The lowest BCUT2D eigenvalue weighted by Gasteiger charge is -2.32. The van der Waals surface area contributed by atoms with Gasteiger partial charge in [-0.1, -0.05) is 6.92 Å². The van der Waals surface area contributed by atoms with E-state index in [0.717, 1.165) is 18.4 Å². The molecule has 1 N–H and O–H groups in total. The van der Waals surface area contributed by atoms with Crippen LogP contribution in [0.3, 0.4) is 0 Å². The predicted molar refractivity (Wildman–Crippen MR) is 76.7 cm³/mol. The number of rotatable bonds is 4. The van der Waals surface area contributed by atoms with E-state index >= 15 is 0 Å². The first-order valence-electron chi connectivity index (χ1n) is 7.14. The minimum atomic E-state index is -0.736. The normalized spacial score (nSPS) is 31.8. The average Bonchev–Trinajstić information content (AvgIpc) is 3.11. The molecule has 0 spiro atoms. The number of fused-ring (bicyclic) bond motifs is 2. The van der Waals surface area contributed by atoms with Gasteiger partial charge in [0, 0.05) is 12.1 Å². The van der Waals surface area contributed by atoms with Crippen molar-refractivity contribution < 1.29 is 14.7 Å². The van der Waals surface area contributed by atoms with E-state index in [1.807, 2.05) is 28.7 Å². The topological polar surface area (TPSA) is 57.6 Å². The number of aliphatic carboxylic acids is 1. The van der Waals surface area contributed by atoms with Gasteiger partial charge in [0.2, 0.25) is 5.91 Å². The summed E-state index contributed by atoms with van der Waals surface area (Å²) in [5.41, 5.74) is 0.316. The predicted octanol–water partition coefficient (Wildman–Crippen LogP) is 2.53. The van der Waals surface area contributed by atoms with Crippen LogP contribution in [0.2, 0.25) is 0 Å². The van der Waals surface area contributed by atoms with Gasteiger partial charge in [0.25, 0.3) is 0 Å². The summed E-state index contributed by atoms with van der Waals surface area (Å²) in [4.78, 5) is 26.1. The first kappa shape index (κ1) is 13.6. The quantitative estimate of drug-likeness (QED) is 0.928. The van der Waals surface area contributed by atoms with Crippen molar-refractivity contribution in [2.75, 3.05) is 0 Å². The number of hydrogen-bond donors (Lipinski definition) is 1. The smallest absolute Gasteiger partial charge is 0.311 e. The standard InChI is InChI=1S/C15H19NO3S/c1-2-15(14(18)19)8-11-3-4-12(15)16(11)13(17)7-10-5-6-20-9-10/h5-6,9,11-12H,2-4,7-8H2,1H3,(H,18,19)/t11-,12+,15+/m0/s1. The molecule has 2 aliphatic rings. The lowest BCUT2D eigenvalue weighted by atomic mass is 9.72. The van der Waals surface area contributed by atoms with Gasteiger partial charge in [0.05, 0.1) is 11.8 Å². The summed E-state index contributed by atoms with van der Waals surface area (Å²) in [5.74, 6) is -0.645. The largest absolute Gasteiger partial charge is 0.481 e. The Balaban J connectivity index is 1.82. The lowest BCUT2D eigenvalue weighted by Crippen LogP contribution is -2.45. The van der Waals surface area contributed by atoms with Crippen molar-refractivity contribution in [3.05, 3.63) is 22.4 Å². The zero-order valence-electron chi connectivity index (χ0n) is 11.5. The maximum atomic E-state index is 12.5. The summed E-state index contributed by atoms with van der Waals surface area (Å²) in [7, 11) is 0. The molecule has 0 saturated carbocycles. The Bertz CT molecular complexity index is 527.